The monoisotopic (exact) mass is 430 g/mol. The van der Waals surface area contributed by atoms with Crippen LogP contribution in [0.25, 0.3) is 0 Å². The lowest BCUT2D eigenvalue weighted by Crippen LogP contribution is -3.07. The van der Waals surface area contributed by atoms with Crippen LogP contribution in [-0.2, 0) is 9.53 Å². The Labute approximate surface area is 166 Å². The fraction of sp³-hybridized carbons (Fsp3) is 0.250. The van der Waals surface area contributed by atoms with E-state index < -0.39 is 0 Å². The maximum Gasteiger partial charge on any atom is 0.338 e. The van der Waals surface area contributed by atoms with Gasteiger partial charge in [-0.15, -0.1) is 0 Å². The average Bonchev–Trinajstić information content (AvgIpc) is 2.87. The molecule has 6 nitrogen and oxygen atoms in total. The van der Waals surface area contributed by atoms with Gasteiger partial charge in [0, 0.05) is 10.0 Å². The second kappa shape index (κ2) is 8.02. The number of hydrogen-bond donors (Lipinski definition) is 1. The predicted octanol–water partition coefficient (Wildman–Crippen LogP) is 2.20. The molecule has 2 aromatic carbocycles. The van der Waals surface area contributed by atoms with Crippen LogP contribution in [0.15, 0.2) is 51.9 Å². The van der Waals surface area contributed by atoms with Crippen LogP contribution in [0.5, 0.6) is 0 Å². The summed E-state index contributed by atoms with van der Waals surface area (Å²) in [6.07, 6.45) is 0. The largest absolute Gasteiger partial charge is 0.462 e. The van der Waals surface area contributed by atoms with Crippen molar-refractivity contribution in [1.82, 2.24) is 0 Å². The normalized spacial score (nSPS) is 14.8. The van der Waals surface area contributed by atoms with Gasteiger partial charge in [-0.3, -0.25) is 9.69 Å². The van der Waals surface area contributed by atoms with Crippen molar-refractivity contribution in [1.29, 1.82) is 0 Å². The number of ether oxygens (including phenoxy) is 1. The molecule has 1 aliphatic heterocycles. The van der Waals surface area contributed by atoms with Crippen molar-refractivity contribution >= 4 is 44.9 Å². The van der Waals surface area contributed by atoms with Gasteiger partial charge in [0.15, 0.2) is 6.67 Å². The molecule has 0 saturated carbocycles. The van der Waals surface area contributed by atoms with Gasteiger partial charge in [0.1, 0.15) is 5.71 Å². The molecule has 140 valence electrons. The van der Waals surface area contributed by atoms with E-state index in [0.717, 1.165) is 20.6 Å². The number of amides is 1. The zero-order valence-electron chi connectivity index (χ0n) is 15.5. The van der Waals surface area contributed by atoms with E-state index in [-0.39, 0.29) is 11.9 Å². The highest BCUT2D eigenvalue weighted by Crippen LogP contribution is 2.32. The molecule has 0 spiro atoms. The Morgan fingerprint density at radius 2 is 1.89 bits per heavy atom. The zero-order valence-corrected chi connectivity index (χ0v) is 17.0. The van der Waals surface area contributed by atoms with Gasteiger partial charge in [0.2, 0.25) is 0 Å². The number of nitrogens with zero attached hydrogens (tertiary/aromatic N) is 2. The van der Waals surface area contributed by atoms with Crippen LogP contribution in [0.4, 0.5) is 11.4 Å². The van der Waals surface area contributed by atoms with Gasteiger partial charge in [-0.2, -0.15) is 0 Å². The standard InChI is InChI=1S/C20H20BrN3O3/c1-4-27-20(26)13-5-8-15(9-6-13)22-18-16-11-14(21)7-10-17(16)24(19(18)25)12-23(2)3/h5-11H,4,12H2,1-3H3/p+1. The van der Waals surface area contributed by atoms with Gasteiger partial charge in [-0.05, 0) is 49.4 Å². The van der Waals surface area contributed by atoms with E-state index in [1.807, 2.05) is 32.3 Å². The molecule has 1 heterocycles. The van der Waals surface area contributed by atoms with Gasteiger partial charge in [0.25, 0.3) is 5.91 Å². The van der Waals surface area contributed by atoms with Crippen LogP contribution in [0.1, 0.15) is 22.8 Å². The molecule has 0 aliphatic carbocycles. The van der Waals surface area contributed by atoms with Crippen molar-refractivity contribution in [3.05, 3.63) is 58.1 Å². The molecule has 27 heavy (non-hydrogen) atoms. The summed E-state index contributed by atoms with van der Waals surface area (Å²) in [5.41, 5.74) is 3.11. The molecule has 0 aromatic heterocycles. The van der Waals surface area contributed by atoms with Gasteiger partial charge in [0.05, 0.1) is 37.6 Å². The third-order valence-electron chi connectivity index (χ3n) is 4.05. The van der Waals surface area contributed by atoms with Crippen LogP contribution >= 0.6 is 15.9 Å². The quantitative estimate of drug-likeness (QED) is 0.739. The minimum Gasteiger partial charge on any atom is -0.462 e. The lowest BCUT2D eigenvalue weighted by Gasteiger charge is -2.18. The van der Waals surface area contributed by atoms with Gasteiger partial charge >= 0.3 is 5.97 Å². The Bertz CT molecular complexity index is 907. The first-order chi connectivity index (χ1) is 12.9. The lowest BCUT2D eigenvalue weighted by atomic mass is 10.1. The lowest BCUT2D eigenvalue weighted by molar-refractivity contribution is -0.856. The molecule has 2 aromatic rings. The van der Waals surface area contributed by atoms with Crippen LogP contribution in [-0.4, -0.2) is 45.0 Å². The van der Waals surface area contributed by atoms with E-state index in [0.29, 0.717) is 30.2 Å². The third-order valence-corrected chi connectivity index (χ3v) is 4.54. The van der Waals surface area contributed by atoms with Crippen molar-refractivity contribution < 1.29 is 19.2 Å². The van der Waals surface area contributed by atoms with Crippen molar-refractivity contribution in [2.45, 2.75) is 6.92 Å². The molecule has 1 aliphatic rings. The molecule has 7 heteroatoms. The van der Waals surface area contributed by atoms with Crippen molar-refractivity contribution in [3.8, 4) is 0 Å². The Hall–Kier alpha value is -2.51. The fourth-order valence-corrected chi connectivity index (χ4v) is 3.24. The molecular weight excluding hydrogens is 410 g/mol. The van der Waals surface area contributed by atoms with Gasteiger partial charge in [-0.25, -0.2) is 9.79 Å². The summed E-state index contributed by atoms with van der Waals surface area (Å²) in [6.45, 7) is 2.64. The van der Waals surface area contributed by atoms with Crippen LogP contribution in [0.2, 0.25) is 0 Å². The summed E-state index contributed by atoms with van der Waals surface area (Å²) in [5.74, 6) is -0.498. The number of fused-ring (bicyclic) bond motifs is 1. The van der Waals surface area contributed by atoms with Crippen molar-refractivity contribution in [2.24, 2.45) is 4.99 Å². The summed E-state index contributed by atoms with van der Waals surface area (Å²) >= 11 is 3.47. The molecular formula is C20H21BrN3O3+. The zero-order chi connectivity index (χ0) is 19.6. The SMILES string of the molecule is CCOC(=O)c1ccc(N=C2C(=O)N(C[NH+](C)C)c3ccc(Br)cc32)cc1. The molecule has 3 rings (SSSR count). The number of rotatable bonds is 5. The van der Waals surface area contributed by atoms with Crippen LogP contribution in [0, 0.1) is 0 Å². The Morgan fingerprint density at radius 1 is 1.19 bits per heavy atom. The minimum absolute atomic E-state index is 0.126. The second-order valence-electron chi connectivity index (χ2n) is 6.49. The number of aliphatic imine (C=N–C) groups is 1. The summed E-state index contributed by atoms with van der Waals surface area (Å²) in [7, 11) is 3.99. The smallest absolute Gasteiger partial charge is 0.338 e. The highest BCUT2D eigenvalue weighted by atomic mass is 79.9. The number of nitrogens with one attached hydrogen (secondary N) is 1. The van der Waals surface area contributed by atoms with Gasteiger partial charge in [-0.1, -0.05) is 15.9 Å². The van der Waals surface area contributed by atoms with E-state index >= 15 is 0 Å². The summed E-state index contributed by atoms with van der Waals surface area (Å²) in [6, 6.07) is 12.5. The molecule has 0 saturated heterocycles. The first-order valence-corrected chi connectivity index (χ1v) is 9.46. The Balaban J connectivity index is 1.97. The molecule has 0 unspecified atom stereocenters. The topological polar surface area (TPSA) is 63.4 Å². The van der Waals surface area contributed by atoms with E-state index in [4.69, 9.17) is 4.74 Å². The predicted molar refractivity (Wildman–Crippen MR) is 108 cm³/mol. The first-order valence-electron chi connectivity index (χ1n) is 8.67. The molecule has 0 atom stereocenters. The Morgan fingerprint density at radius 3 is 2.52 bits per heavy atom. The fourth-order valence-electron chi connectivity index (χ4n) is 2.88. The van der Waals surface area contributed by atoms with E-state index in [9.17, 15) is 9.59 Å². The molecule has 1 amide bonds. The maximum absolute atomic E-state index is 13.0. The number of esters is 1. The number of anilines is 1. The van der Waals surface area contributed by atoms with Crippen LogP contribution < -0.4 is 9.80 Å². The first kappa shape index (κ1) is 19.3. The number of quaternary nitrogens is 1. The number of hydrogen-bond acceptors (Lipinski definition) is 4. The number of halogens is 1. The van der Waals surface area contributed by atoms with E-state index in [2.05, 4.69) is 20.9 Å². The highest BCUT2D eigenvalue weighted by molar-refractivity contribution is 9.10. The molecule has 0 fully saturated rings. The van der Waals surface area contributed by atoms with Crippen molar-refractivity contribution in [3.63, 3.8) is 0 Å². The molecule has 1 N–H and O–H groups in total. The third kappa shape index (κ3) is 4.09. The Kier molecular flexibility index (Phi) is 5.72. The van der Waals surface area contributed by atoms with E-state index in [1.165, 1.54) is 0 Å². The second-order valence-corrected chi connectivity index (χ2v) is 7.40. The summed E-state index contributed by atoms with van der Waals surface area (Å²) in [5, 5.41) is 0. The number of carbonyl (C=O) groups excluding carboxylic acids is 2. The van der Waals surface area contributed by atoms with Crippen molar-refractivity contribution in [2.75, 3.05) is 32.3 Å². The molecule has 0 radical (unpaired) electrons. The highest BCUT2D eigenvalue weighted by Gasteiger charge is 2.35. The minimum atomic E-state index is -0.372. The van der Waals surface area contributed by atoms with E-state index in [1.54, 1.807) is 36.1 Å². The maximum atomic E-state index is 13.0. The average molecular weight is 431 g/mol. The molecule has 0 bridgehead atoms. The number of benzene rings is 2. The summed E-state index contributed by atoms with van der Waals surface area (Å²) < 4.78 is 5.87. The summed E-state index contributed by atoms with van der Waals surface area (Å²) in [4.78, 5) is 32.2. The van der Waals surface area contributed by atoms with Crippen LogP contribution in [0.3, 0.4) is 0 Å². The van der Waals surface area contributed by atoms with Gasteiger partial charge < -0.3 is 9.64 Å². The number of carbonyl (C=O) groups is 2.